The fourth-order valence-electron chi connectivity index (χ4n) is 2.68. The van der Waals surface area contributed by atoms with Gasteiger partial charge in [-0.25, -0.2) is 13.8 Å². The molecule has 2 heterocycles. The van der Waals surface area contributed by atoms with Crippen LogP contribution < -0.4 is 4.90 Å². The molecule has 1 aromatic heterocycles. The molecular formula is C17H14F5N3O. The molecule has 3 rings (SSSR count). The number of halogens is 5. The molecule has 1 amide bonds. The standard InChI is InChI=1S/C17H14F5N3O/c18-12-5-4-11(13(19)8-12)9-25-7-6-24(10-16(25)26)15-3-1-2-14(23-15)17(20,21)22/h1-5,8H,6-7,9-10H2. The van der Waals surface area contributed by atoms with Crippen LogP contribution in [0.3, 0.4) is 0 Å². The maximum atomic E-state index is 13.7. The molecule has 9 heteroatoms. The highest BCUT2D eigenvalue weighted by Crippen LogP contribution is 2.29. The summed E-state index contributed by atoms with van der Waals surface area (Å²) >= 11 is 0. The molecule has 138 valence electrons. The van der Waals surface area contributed by atoms with Crippen LogP contribution in [0.2, 0.25) is 0 Å². The van der Waals surface area contributed by atoms with Crippen LogP contribution in [-0.4, -0.2) is 35.4 Å². The van der Waals surface area contributed by atoms with Crippen molar-refractivity contribution in [1.29, 1.82) is 0 Å². The Morgan fingerprint density at radius 3 is 2.50 bits per heavy atom. The summed E-state index contributed by atoms with van der Waals surface area (Å²) in [5, 5.41) is 0. The SMILES string of the molecule is O=C1CN(c2cccc(C(F)(F)F)n2)CCN1Cc1ccc(F)cc1F. The third kappa shape index (κ3) is 3.92. The van der Waals surface area contributed by atoms with Crippen molar-refractivity contribution in [3.63, 3.8) is 0 Å². The molecule has 1 fully saturated rings. The smallest absolute Gasteiger partial charge is 0.346 e. The zero-order chi connectivity index (χ0) is 18.9. The first-order valence-corrected chi connectivity index (χ1v) is 7.75. The monoisotopic (exact) mass is 371 g/mol. The molecule has 26 heavy (non-hydrogen) atoms. The number of piperazine rings is 1. The average molecular weight is 371 g/mol. The van der Waals surface area contributed by atoms with E-state index in [0.717, 1.165) is 18.2 Å². The zero-order valence-electron chi connectivity index (χ0n) is 13.4. The van der Waals surface area contributed by atoms with E-state index in [2.05, 4.69) is 4.98 Å². The molecule has 4 nitrogen and oxygen atoms in total. The van der Waals surface area contributed by atoms with E-state index in [-0.39, 0.29) is 43.5 Å². The molecule has 0 unspecified atom stereocenters. The summed E-state index contributed by atoms with van der Waals surface area (Å²) in [7, 11) is 0. The summed E-state index contributed by atoms with van der Waals surface area (Å²) < 4.78 is 65.0. The summed E-state index contributed by atoms with van der Waals surface area (Å²) in [5.74, 6) is -1.78. The van der Waals surface area contributed by atoms with E-state index in [4.69, 9.17) is 0 Å². The number of benzene rings is 1. The van der Waals surface area contributed by atoms with Crippen molar-refractivity contribution < 1.29 is 26.7 Å². The van der Waals surface area contributed by atoms with E-state index in [9.17, 15) is 26.7 Å². The fraction of sp³-hybridized carbons (Fsp3) is 0.294. The van der Waals surface area contributed by atoms with Gasteiger partial charge in [0.1, 0.15) is 23.1 Å². The van der Waals surface area contributed by atoms with Gasteiger partial charge in [0.05, 0.1) is 6.54 Å². The van der Waals surface area contributed by atoms with Gasteiger partial charge in [0.15, 0.2) is 0 Å². The van der Waals surface area contributed by atoms with Gasteiger partial charge in [0, 0.05) is 31.3 Å². The molecule has 1 aromatic carbocycles. The Hall–Kier alpha value is -2.71. The third-order valence-electron chi connectivity index (χ3n) is 4.04. The lowest BCUT2D eigenvalue weighted by molar-refractivity contribution is -0.141. The van der Waals surface area contributed by atoms with Crippen molar-refractivity contribution >= 4 is 11.7 Å². The minimum Gasteiger partial charge on any atom is -0.346 e. The number of carbonyl (C=O) groups is 1. The van der Waals surface area contributed by atoms with Crippen LogP contribution in [0.5, 0.6) is 0 Å². The number of aromatic nitrogens is 1. The van der Waals surface area contributed by atoms with Gasteiger partial charge < -0.3 is 9.80 Å². The van der Waals surface area contributed by atoms with Crippen LogP contribution in [0.1, 0.15) is 11.3 Å². The van der Waals surface area contributed by atoms with Crippen molar-refractivity contribution in [3.8, 4) is 0 Å². The average Bonchev–Trinajstić information content (AvgIpc) is 2.58. The van der Waals surface area contributed by atoms with Gasteiger partial charge in [-0.1, -0.05) is 12.1 Å². The Bertz CT molecular complexity index is 824. The Morgan fingerprint density at radius 2 is 1.85 bits per heavy atom. The highest BCUT2D eigenvalue weighted by Gasteiger charge is 2.33. The van der Waals surface area contributed by atoms with Gasteiger partial charge in [-0.3, -0.25) is 4.79 Å². The molecule has 0 saturated carbocycles. The van der Waals surface area contributed by atoms with Crippen LogP contribution >= 0.6 is 0 Å². The van der Waals surface area contributed by atoms with Gasteiger partial charge in [0.25, 0.3) is 0 Å². The van der Waals surface area contributed by atoms with Crippen molar-refractivity contribution in [1.82, 2.24) is 9.88 Å². The lowest BCUT2D eigenvalue weighted by atomic mass is 10.1. The Morgan fingerprint density at radius 1 is 1.08 bits per heavy atom. The number of alkyl halides is 3. The molecule has 1 saturated heterocycles. The number of hydrogen-bond acceptors (Lipinski definition) is 3. The highest BCUT2D eigenvalue weighted by molar-refractivity contribution is 5.82. The molecule has 0 radical (unpaired) electrons. The minimum absolute atomic E-state index is 0.0329. The first-order chi connectivity index (χ1) is 12.2. The van der Waals surface area contributed by atoms with E-state index in [1.54, 1.807) is 0 Å². The predicted molar refractivity (Wildman–Crippen MR) is 83.2 cm³/mol. The number of hydrogen-bond donors (Lipinski definition) is 0. The Kier molecular flexibility index (Phi) is 4.80. The topological polar surface area (TPSA) is 36.4 Å². The largest absolute Gasteiger partial charge is 0.433 e. The number of rotatable bonds is 3. The van der Waals surface area contributed by atoms with Crippen molar-refractivity contribution in [2.75, 3.05) is 24.5 Å². The van der Waals surface area contributed by atoms with E-state index in [0.29, 0.717) is 0 Å². The summed E-state index contributed by atoms with van der Waals surface area (Å²) in [6, 6.07) is 6.60. The van der Waals surface area contributed by atoms with Crippen molar-refractivity contribution in [3.05, 3.63) is 59.3 Å². The van der Waals surface area contributed by atoms with Crippen molar-refractivity contribution in [2.45, 2.75) is 12.7 Å². The van der Waals surface area contributed by atoms with E-state index >= 15 is 0 Å². The predicted octanol–water partition coefficient (Wildman–Crippen LogP) is 3.23. The zero-order valence-corrected chi connectivity index (χ0v) is 13.4. The fourth-order valence-corrected chi connectivity index (χ4v) is 2.68. The molecule has 1 aliphatic heterocycles. The second-order valence-corrected chi connectivity index (χ2v) is 5.85. The number of nitrogens with zero attached hydrogens (tertiary/aromatic N) is 3. The highest BCUT2D eigenvalue weighted by atomic mass is 19.4. The van der Waals surface area contributed by atoms with E-state index < -0.39 is 23.5 Å². The molecule has 0 aliphatic carbocycles. The summed E-state index contributed by atoms with van der Waals surface area (Å²) in [4.78, 5) is 18.7. The third-order valence-corrected chi connectivity index (χ3v) is 4.04. The first-order valence-electron chi connectivity index (χ1n) is 7.75. The normalized spacial score (nSPS) is 15.5. The van der Waals surface area contributed by atoms with Gasteiger partial charge in [-0.05, 0) is 18.2 Å². The summed E-state index contributed by atoms with van der Waals surface area (Å²) in [6.45, 7) is 0.238. The molecule has 0 N–H and O–H groups in total. The van der Waals surface area contributed by atoms with Gasteiger partial charge >= 0.3 is 6.18 Å². The van der Waals surface area contributed by atoms with Crippen LogP contribution in [0.4, 0.5) is 27.8 Å². The van der Waals surface area contributed by atoms with E-state index in [1.807, 2.05) is 0 Å². The van der Waals surface area contributed by atoms with Crippen LogP contribution in [0, 0.1) is 11.6 Å². The Labute approximate surface area is 145 Å². The second kappa shape index (κ2) is 6.89. The van der Waals surface area contributed by atoms with Gasteiger partial charge in [0.2, 0.25) is 5.91 Å². The lowest BCUT2D eigenvalue weighted by Crippen LogP contribution is -2.50. The van der Waals surface area contributed by atoms with Crippen LogP contribution in [0.15, 0.2) is 36.4 Å². The maximum absolute atomic E-state index is 13.7. The number of pyridine rings is 1. The second-order valence-electron chi connectivity index (χ2n) is 5.85. The molecule has 0 atom stereocenters. The van der Waals surface area contributed by atoms with E-state index in [1.165, 1.54) is 28.0 Å². The maximum Gasteiger partial charge on any atom is 0.433 e. The molecule has 2 aromatic rings. The molecule has 0 bridgehead atoms. The van der Waals surface area contributed by atoms with Gasteiger partial charge in [-0.15, -0.1) is 0 Å². The molecule has 1 aliphatic rings. The number of anilines is 1. The van der Waals surface area contributed by atoms with Gasteiger partial charge in [-0.2, -0.15) is 13.2 Å². The van der Waals surface area contributed by atoms with Crippen LogP contribution in [-0.2, 0) is 17.5 Å². The quantitative estimate of drug-likeness (QED) is 0.778. The summed E-state index contributed by atoms with van der Waals surface area (Å²) in [6.07, 6.45) is -4.57. The first kappa shape index (κ1) is 18.1. The lowest BCUT2D eigenvalue weighted by Gasteiger charge is -2.35. The number of amides is 1. The Balaban J connectivity index is 1.70. The number of carbonyl (C=O) groups excluding carboxylic acids is 1. The summed E-state index contributed by atoms with van der Waals surface area (Å²) in [5.41, 5.74) is -0.858. The molecule has 0 spiro atoms. The van der Waals surface area contributed by atoms with Crippen molar-refractivity contribution in [2.24, 2.45) is 0 Å². The van der Waals surface area contributed by atoms with Crippen LogP contribution in [0.25, 0.3) is 0 Å². The minimum atomic E-state index is -4.57. The molecular weight excluding hydrogens is 357 g/mol.